The summed E-state index contributed by atoms with van der Waals surface area (Å²) in [6, 6.07) is 6.03. The summed E-state index contributed by atoms with van der Waals surface area (Å²) in [5.41, 5.74) is 1.16. The number of hydrogen-bond acceptors (Lipinski definition) is 18. The Morgan fingerprint density at radius 2 is 1.33 bits per heavy atom. The zero-order valence-corrected chi connectivity index (χ0v) is 52.7. The van der Waals surface area contributed by atoms with E-state index >= 15 is 0 Å². The third kappa shape index (κ3) is 27.5. The number of likely N-dealkylation sites (N-methyl/N-ethyl adjacent to an activating group) is 1. The lowest BCUT2D eigenvalue weighted by Crippen LogP contribution is -2.58. The van der Waals surface area contributed by atoms with Crippen molar-refractivity contribution in [2.75, 3.05) is 126 Å². The second-order valence-electron chi connectivity index (χ2n) is 21.4. The number of aromatic nitrogens is 2. The molecule has 1 aromatic carbocycles. The SMILES string of the molecule is CC[C@H](C)[C@@H]([C@H](CC(=O)N1CCC[C@H]1[C@H](OC)[C@@H](C)C(=O)N[C@@H](Cc1ccccc1)C(=O)O)OC)N(C)C(=O)[C@@H](NC(=O)[C@H](C)CCCNC(=O)CCOCCOCCOCCOCCOCCOCCNC(=O)c1cnc(SC)nc1)C(C)C. The Labute approximate surface area is 507 Å². The number of carboxylic acid groups (broad SMARTS) is 1. The summed E-state index contributed by atoms with van der Waals surface area (Å²) in [5, 5.41) is 21.9. The van der Waals surface area contributed by atoms with Gasteiger partial charge in [0, 0.05) is 72.1 Å². The number of carbonyl (C=O) groups is 7. The van der Waals surface area contributed by atoms with E-state index in [4.69, 9.17) is 37.9 Å². The predicted molar refractivity (Wildman–Crippen MR) is 320 cm³/mol. The highest BCUT2D eigenvalue weighted by Gasteiger charge is 2.43. The monoisotopic (exact) mass is 1220 g/mol. The molecular formula is C60H98N8O16S. The van der Waals surface area contributed by atoms with Gasteiger partial charge < -0.3 is 74.1 Å². The first-order chi connectivity index (χ1) is 40.9. The molecule has 5 N–H and O–H groups in total. The van der Waals surface area contributed by atoms with E-state index in [2.05, 4.69) is 31.2 Å². The fraction of sp³-hybridized carbons (Fsp3) is 0.717. The molecule has 9 atom stereocenters. The molecule has 0 bridgehead atoms. The van der Waals surface area contributed by atoms with Crippen LogP contribution in [0.2, 0.25) is 0 Å². The lowest BCUT2D eigenvalue weighted by atomic mass is 9.89. The number of carboxylic acids is 1. The summed E-state index contributed by atoms with van der Waals surface area (Å²) < 4.78 is 45.0. The van der Waals surface area contributed by atoms with Crippen LogP contribution >= 0.6 is 11.8 Å². The summed E-state index contributed by atoms with van der Waals surface area (Å²) in [4.78, 5) is 104. The fourth-order valence-corrected chi connectivity index (χ4v) is 10.1. The van der Waals surface area contributed by atoms with Crippen molar-refractivity contribution in [1.82, 2.24) is 41.0 Å². The normalized spacial score (nSPS) is 16.1. The number of benzene rings is 1. The maximum atomic E-state index is 14.4. The lowest BCUT2D eigenvalue weighted by molar-refractivity contribution is -0.148. The molecule has 480 valence electrons. The molecule has 1 aliphatic heterocycles. The van der Waals surface area contributed by atoms with Gasteiger partial charge in [0.1, 0.15) is 12.1 Å². The molecule has 25 heteroatoms. The predicted octanol–water partition coefficient (Wildman–Crippen LogP) is 3.82. The number of rotatable bonds is 46. The van der Waals surface area contributed by atoms with Gasteiger partial charge in [-0.25, -0.2) is 14.8 Å². The molecule has 1 fully saturated rings. The largest absolute Gasteiger partial charge is 0.480 e. The number of aliphatic carboxylic acids is 1. The van der Waals surface area contributed by atoms with Crippen LogP contribution in [0.3, 0.4) is 0 Å². The molecule has 85 heavy (non-hydrogen) atoms. The Hall–Kier alpha value is -5.38. The number of ether oxygens (including phenoxy) is 8. The minimum Gasteiger partial charge on any atom is -0.480 e. The highest BCUT2D eigenvalue weighted by atomic mass is 32.2. The molecule has 0 radical (unpaired) electrons. The number of carbonyl (C=O) groups excluding carboxylic acids is 6. The van der Waals surface area contributed by atoms with Gasteiger partial charge in [-0.2, -0.15) is 0 Å². The molecule has 0 unspecified atom stereocenters. The second kappa shape index (κ2) is 42.5. The van der Waals surface area contributed by atoms with Crippen molar-refractivity contribution in [1.29, 1.82) is 0 Å². The third-order valence-corrected chi connectivity index (χ3v) is 15.5. The van der Waals surface area contributed by atoms with Gasteiger partial charge in [-0.3, -0.25) is 28.8 Å². The van der Waals surface area contributed by atoms with Crippen LogP contribution < -0.4 is 21.3 Å². The number of likely N-dealkylation sites (tertiary alicyclic amines) is 1. The van der Waals surface area contributed by atoms with Crippen LogP contribution in [-0.4, -0.2) is 229 Å². The third-order valence-electron chi connectivity index (χ3n) is 14.9. The molecule has 1 aromatic heterocycles. The van der Waals surface area contributed by atoms with Gasteiger partial charge in [0.15, 0.2) is 5.16 Å². The number of hydrogen-bond donors (Lipinski definition) is 5. The maximum Gasteiger partial charge on any atom is 0.326 e. The fourth-order valence-electron chi connectivity index (χ4n) is 9.79. The molecule has 0 aliphatic carbocycles. The molecule has 1 aliphatic rings. The molecule has 0 saturated carbocycles. The molecule has 0 spiro atoms. The molecule has 6 amide bonds. The first-order valence-electron chi connectivity index (χ1n) is 29.7. The zero-order chi connectivity index (χ0) is 62.5. The number of methoxy groups -OCH3 is 2. The van der Waals surface area contributed by atoms with E-state index in [0.717, 1.165) is 5.56 Å². The number of amides is 6. The van der Waals surface area contributed by atoms with E-state index < -0.39 is 60.1 Å². The summed E-state index contributed by atoms with van der Waals surface area (Å²) in [6.07, 6.45) is 6.57. The molecular weight excluding hydrogens is 1120 g/mol. The van der Waals surface area contributed by atoms with Crippen LogP contribution in [0.5, 0.6) is 0 Å². The Kier molecular flexibility index (Phi) is 36.9. The van der Waals surface area contributed by atoms with Crippen molar-refractivity contribution in [3.8, 4) is 0 Å². The van der Waals surface area contributed by atoms with E-state index in [1.54, 1.807) is 42.8 Å². The van der Waals surface area contributed by atoms with E-state index in [9.17, 15) is 38.7 Å². The molecule has 2 heterocycles. The van der Waals surface area contributed by atoms with E-state index in [1.807, 2.05) is 52.1 Å². The van der Waals surface area contributed by atoms with Crippen LogP contribution in [0.15, 0.2) is 47.9 Å². The number of nitrogens with one attached hydrogen (secondary N) is 4. The Morgan fingerprint density at radius 1 is 0.753 bits per heavy atom. The minimum atomic E-state index is -1.16. The summed E-state index contributed by atoms with van der Waals surface area (Å²) in [5.74, 6) is -4.51. The van der Waals surface area contributed by atoms with Gasteiger partial charge >= 0.3 is 5.97 Å². The van der Waals surface area contributed by atoms with Crippen molar-refractivity contribution in [2.45, 2.75) is 134 Å². The van der Waals surface area contributed by atoms with E-state index in [-0.39, 0.29) is 67.2 Å². The number of thioether (sulfide) groups is 1. The molecule has 3 rings (SSSR count). The Balaban J connectivity index is 1.29. The zero-order valence-electron chi connectivity index (χ0n) is 51.8. The van der Waals surface area contributed by atoms with Gasteiger partial charge in [0.25, 0.3) is 5.91 Å². The average molecular weight is 1220 g/mol. The van der Waals surface area contributed by atoms with Crippen molar-refractivity contribution >= 4 is 53.2 Å². The average Bonchev–Trinajstić information content (AvgIpc) is 4.15. The van der Waals surface area contributed by atoms with Gasteiger partial charge in [0.2, 0.25) is 29.5 Å². The summed E-state index contributed by atoms with van der Waals surface area (Å²) in [6.45, 7) is 16.8. The first kappa shape index (κ1) is 73.9. The van der Waals surface area contributed by atoms with Gasteiger partial charge in [-0.1, -0.05) is 90.1 Å². The Bertz CT molecular complexity index is 2260. The Morgan fingerprint density at radius 3 is 1.86 bits per heavy atom. The number of nitrogens with zero attached hydrogens (tertiary/aromatic N) is 4. The second-order valence-corrected chi connectivity index (χ2v) is 22.2. The smallest absolute Gasteiger partial charge is 0.326 e. The van der Waals surface area contributed by atoms with Crippen LogP contribution in [-0.2, 0) is 73.1 Å². The minimum absolute atomic E-state index is 0.0580. The van der Waals surface area contributed by atoms with Crippen LogP contribution in [0.1, 0.15) is 102 Å². The highest BCUT2D eigenvalue weighted by Crippen LogP contribution is 2.30. The van der Waals surface area contributed by atoms with Crippen molar-refractivity contribution in [2.24, 2.45) is 23.7 Å². The standard InChI is InChI=1S/C60H98N8O16S/c1-11-42(4)53(49(77-8)38-51(70)68-24-16-20-48(68)54(78-9)44(6)56(72)65-47(59(75)76)37-45-18-13-12-14-19-45)67(7)58(74)52(41(2)3)66-55(71)43(5)17-15-22-61-50(69)21-25-79-27-29-81-31-33-83-35-36-84-34-32-82-30-28-80-26-23-62-57(73)46-39-63-60(85-10)64-40-46/h12-14,18-19,39-44,47-49,52-54H,11,15-17,20-38H2,1-10H3,(H,61,69)(H,62,73)(H,65,72)(H,66,71)(H,75,76)/t42-,43+,44+,47-,48-,49-,52-,53-,54+/m0/s1. The van der Waals surface area contributed by atoms with Crippen LogP contribution in [0, 0.1) is 23.7 Å². The van der Waals surface area contributed by atoms with Gasteiger partial charge in [-0.15, -0.1) is 0 Å². The quantitative estimate of drug-likeness (QED) is 0.0358. The van der Waals surface area contributed by atoms with Crippen molar-refractivity contribution < 1.29 is 76.6 Å². The molecule has 2 aromatic rings. The topological polar surface area (TPSA) is 294 Å². The van der Waals surface area contributed by atoms with Gasteiger partial charge in [-0.05, 0) is 49.3 Å². The summed E-state index contributed by atoms with van der Waals surface area (Å²) in [7, 11) is 4.68. The molecule has 24 nitrogen and oxygen atoms in total. The van der Waals surface area contributed by atoms with E-state index in [1.165, 1.54) is 38.4 Å². The lowest BCUT2D eigenvalue weighted by Gasteiger charge is -2.41. The van der Waals surface area contributed by atoms with Crippen LogP contribution in [0.25, 0.3) is 0 Å². The van der Waals surface area contributed by atoms with Gasteiger partial charge in [0.05, 0.1) is 121 Å². The summed E-state index contributed by atoms with van der Waals surface area (Å²) >= 11 is 1.40. The van der Waals surface area contributed by atoms with Crippen molar-refractivity contribution in [3.63, 3.8) is 0 Å². The van der Waals surface area contributed by atoms with Crippen LogP contribution in [0.4, 0.5) is 0 Å². The highest BCUT2D eigenvalue weighted by molar-refractivity contribution is 7.98. The first-order valence-corrected chi connectivity index (χ1v) is 31.0. The molecule has 1 saturated heterocycles. The maximum absolute atomic E-state index is 14.4. The van der Waals surface area contributed by atoms with E-state index in [0.29, 0.717) is 135 Å². The van der Waals surface area contributed by atoms with Crippen molar-refractivity contribution in [3.05, 3.63) is 53.9 Å².